The molecule has 0 saturated carbocycles. The van der Waals surface area contributed by atoms with E-state index < -0.39 is 10.0 Å². The van der Waals surface area contributed by atoms with Gasteiger partial charge in [-0.3, -0.25) is 0 Å². The van der Waals surface area contributed by atoms with Crippen LogP contribution in [0.3, 0.4) is 0 Å². The zero-order valence-corrected chi connectivity index (χ0v) is 11.5. The van der Waals surface area contributed by atoms with Crippen molar-refractivity contribution in [2.45, 2.75) is 11.8 Å². The van der Waals surface area contributed by atoms with E-state index >= 15 is 0 Å². The molecule has 6 heteroatoms. The van der Waals surface area contributed by atoms with Gasteiger partial charge in [0.15, 0.2) is 0 Å². The van der Waals surface area contributed by atoms with Crippen LogP contribution in [0.15, 0.2) is 27.6 Å². The molecular formula is C9H11BrClNO2S. The lowest BCUT2D eigenvalue weighted by Crippen LogP contribution is -2.26. The Bertz CT molecular complexity index is 461. The first-order valence-electron chi connectivity index (χ1n) is 4.31. The number of sulfonamides is 1. The van der Waals surface area contributed by atoms with Crippen LogP contribution in [0.1, 0.15) is 6.92 Å². The van der Waals surface area contributed by atoms with Crippen LogP contribution in [0, 0.1) is 0 Å². The Kier molecular flexibility index (Phi) is 4.17. The number of benzene rings is 1. The van der Waals surface area contributed by atoms with Crippen molar-refractivity contribution in [1.29, 1.82) is 0 Å². The molecule has 0 atom stereocenters. The molecule has 0 saturated heterocycles. The molecule has 3 nitrogen and oxygen atoms in total. The highest BCUT2D eigenvalue weighted by molar-refractivity contribution is 9.10. The first-order chi connectivity index (χ1) is 6.89. The summed E-state index contributed by atoms with van der Waals surface area (Å²) in [7, 11) is -1.84. The van der Waals surface area contributed by atoms with E-state index in [0.29, 0.717) is 16.0 Å². The lowest BCUT2D eigenvalue weighted by atomic mass is 10.4. The van der Waals surface area contributed by atoms with E-state index in [1.165, 1.54) is 23.5 Å². The minimum absolute atomic E-state index is 0.239. The highest BCUT2D eigenvalue weighted by atomic mass is 79.9. The fraction of sp³-hybridized carbons (Fsp3) is 0.333. The summed E-state index contributed by atoms with van der Waals surface area (Å²) >= 11 is 8.98. The van der Waals surface area contributed by atoms with E-state index in [1.807, 2.05) is 0 Å². The van der Waals surface area contributed by atoms with Gasteiger partial charge in [-0.2, -0.15) is 0 Å². The summed E-state index contributed by atoms with van der Waals surface area (Å²) in [6.45, 7) is 2.21. The third-order valence-electron chi connectivity index (χ3n) is 2.04. The van der Waals surface area contributed by atoms with Gasteiger partial charge in [-0.05, 0) is 34.1 Å². The predicted molar refractivity (Wildman–Crippen MR) is 64.6 cm³/mol. The second-order valence-corrected chi connectivity index (χ2v) is 6.30. The quantitative estimate of drug-likeness (QED) is 0.860. The van der Waals surface area contributed by atoms with Gasteiger partial charge in [-0.25, -0.2) is 12.7 Å². The molecule has 0 aromatic heterocycles. The van der Waals surface area contributed by atoms with Crippen molar-refractivity contribution in [3.05, 3.63) is 27.7 Å². The standard InChI is InChI=1S/C9H11BrClNO2S/c1-3-12(2)15(13,14)7-4-5-9(11)8(10)6-7/h4-6H,3H2,1-2H3. The van der Waals surface area contributed by atoms with Gasteiger partial charge in [0.1, 0.15) is 0 Å². The van der Waals surface area contributed by atoms with E-state index in [1.54, 1.807) is 13.0 Å². The molecule has 1 rings (SSSR count). The van der Waals surface area contributed by atoms with Crippen LogP contribution < -0.4 is 0 Å². The van der Waals surface area contributed by atoms with E-state index in [-0.39, 0.29) is 4.90 Å². The average Bonchev–Trinajstić information content (AvgIpc) is 2.20. The number of hydrogen-bond donors (Lipinski definition) is 0. The van der Waals surface area contributed by atoms with E-state index in [2.05, 4.69) is 15.9 Å². The zero-order chi connectivity index (χ0) is 11.6. The Morgan fingerprint density at radius 1 is 1.47 bits per heavy atom. The number of halogens is 2. The van der Waals surface area contributed by atoms with Crippen molar-refractivity contribution in [3.8, 4) is 0 Å². The lowest BCUT2D eigenvalue weighted by Gasteiger charge is -2.15. The molecule has 0 spiro atoms. The number of hydrogen-bond acceptors (Lipinski definition) is 2. The summed E-state index contributed by atoms with van der Waals surface area (Å²) in [4.78, 5) is 0.239. The maximum atomic E-state index is 11.9. The van der Waals surface area contributed by atoms with Gasteiger partial charge >= 0.3 is 0 Å². The van der Waals surface area contributed by atoms with Gasteiger partial charge in [0.05, 0.1) is 9.92 Å². The molecule has 0 heterocycles. The molecule has 0 radical (unpaired) electrons. The van der Waals surface area contributed by atoms with Crippen LogP contribution in [0.2, 0.25) is 5.02 Å². The molecule has 15 heavy (non-hydrogen) atoms. The molecule has 0 fully saturated rings. The third-order valence-corrected chi connectivity index (χ3v) is 5.19. The molecule has 0 bridgehead atoms. The Morgan fingerprint density at radius 3 is 2.53 bits per heavy atom. The smallest absolute Gasteiger partial charge is 0.207 e. The van der Waals surface area contributed by atoms with Crippen LogP contribution in [0.5, 0.6) is 0 Å². The summed E-state index contributed by atoms with van der Waals surface area (Å²) in [5.41, 5.74) is 0. The van der Waals surface area contributed by atoms with Crippen molar-refractivity contribution >= 4 is 37.6 Å². The van der Waals surface area contributed by atoms with Crippen LogP contribution in [-0.4, -0.2) is 26.3 Å². The fourth-order valence-corrected chi connectivity index (χ4v) is 2.84. The van der Waals surface area contributed by atoms with Gasteiger partial charge in [0.25, 0.3) is 0 Å². The molecule has 1 aromatic rings. The third kappa shape index (κ3) is 2.72. The normalized spacial score (nSPS) is 12.1. The molecule has 0 aliphatic carbocycles. The molecule has 0 aliphatic rings. The van der Waals surface area contributed by atoms with Crippen molar-refractivity contribution in [3.63, 3.8) is 0 Å². The molecule has 0 amide bonds. The minimum atomic E-state index is -3.38. The molecule has 0 N–H and O–H groups in total. The predicted octanol–water partition coefficient (Wildman–Crippen LogP) is 2.74. The fourth-order valence-electron chi connectivity index (χ4n) is 0.987. The van der Waals surface area contributed by atoms with Gasteiger partial charge in [-0.15, -0.1) is 0 Å². The Labute approximate surface area is 103 Å². The van der Waals surface area contributed by atoms with Crippen molar-refractivity contribution < 1.29 is 8.42 Å². The summed E-state index contributed by atoms with van der Waals surface area (Å²) in [6.07, 6.45) is 0. The minimum Gasteiger partial charge on any atom is -0.207 e. The first kappa shape index (κ1) is 13.0. The molecule has 1 aromatic carbocycles. The monoisotopic (exact) mass is 311 g/mol. The lowest BCUT2D eigenvalue weighted by molar-refractivity contribution is 0.486. The van der Waals surface area contributed by atoms with Crippen molar-refractivity contribution in [2.24, 2.45) is 0 Å². The Hall–Kier alpha value is -0.100. The van der Waals surface area contributed by atoms with Gasteiger partial charge in [0.2, 0.25) is 10.0 Å². The highest BCUT2D eigenvalue weighted by Gasteiger charge is 2.19. The summed E-state index contributed by atoms with van der Waals surface area (Å²) in [5, 5.41) is 0.494. The maximum Gasteiger partial charge on any atom is 0.242 e. The first-order valence-corrected chi connectivity index (χ1v) is 6.92. The molecule has 84 valence electrons. The largest absolute Gasteiger partial charge is 0.242 e. The maximum absolute atomic E-state index is 11.9. The zero-order valence-electron chi connectivity index (χ0n) is 8.37. The van der Waals surface area contributed by atoms with Crippen LogP contribution >= 0.6 is 27.5 Å². The van der Waals surface area contributed by atoms with Crippen LogP contribution in [0.25, 0.3) is 0 Å². The summed E-state index contributed by atoms with van der Waals surface area (Å²) in [5.74, 6) is 0. The van der Waals surface area contributed by atoms with Gasteiger partial charge < -0.3 is 0 Å². The van der Waals surface area contributed by atoms with Gasteiger partial charge in [0, 0.05) is 18.1 Å². The molecule has 0 aliphatic heterocycles. The average molecular weight is 313 g/mol. The van der Waals surface area contributed by atoms with Crippen molar-refractivity contribution in [2.75, 3.05) is 13.6 Å². The van der Waals surface area contributed by atoms with Crippen molar-refractivity contribution in [1.82, 2.24) is 4.31 Å². The summed E-state index contributed by atoms with van der Waals surface area (Å²) in [6, 6.07) is 4.56. The van der Waals surface area contributed by atoms with Crippen LogP contribution in [-0.2, 0) is 10.0 Å². The van der Waals surface area contributed by atoms with E-state index in [4.69, 9.17) is 11.6 Å². The second-order valence-electron chi connectivity index (χ2n) is 3.00. The molecular weight excluding hydrogens is 302 g/mol. The van der Waals surface area contributed by atoms with E-state index in [0.717, 1.165) is 0 Å². The Morgan fingerprint density at radius 2 is 2.07 bits per heavy atom. The van der Waals surface area contributed by atoms with Gasteiger partial charge in [-0.1, -0.05) is 18.5 Å². The highest BCUT2D eigenvalue weighted by Crippen LogP contribution is 2.26. The summed E-state index contributed by atoms with van der Waals surface area (Å²) < 4.78 is 25.6. The van der Waals surface area contributed by atoms with Crippen LogP contribution in [0.4, 0.5) is 0 Å². The topological polar surface area (TPSA) is 37.4 Å². The Balaban J connectivity index is 3.23. The van der Waals surface area contributed by atoms with E-state index in [9.17, 15) is 8.42 Å². The SMILES string of the molecule is CCN(C)S(=O)(=O)c1ccc(Cl)c(Br)c1. The molecule has 0 unspecified atom stereocenters. The number of rotatable bonds is 3. The second kappa shape index (κ2) is 4.82. The number of nitrogens with zero attached hydrogens (tertiary/aromatic N) is 1.